The predicted octanol–water partition coefficient (Wildman–Crippen LogP) is 4.62. The number of aliphatic hydroxyl groups is 1. The van der Waals surface area contributed by atoms with E-state index in [1.54, 1.807) is 0 Å². The van der Waals surface area contributed by atoms with E-state index in [1.165, 1.54) is 11.3 Å². The Bertz CT molecular complexity index is 956. The second kappa shape index (κ2) is 8.83. The van der Waals surface area contributed by atoms with Gasteiger partial charge < -0.3 is 15.2 Å². The summed E-state index contributed by atoms with van der Waals surface area (Å²) in [6.45, 7) is 2.24. The Kier molecular flexibility index (Phi) is 6.01. The molecule has 0 spiro atoms. The van der Waals surface area contributed by atoms with Crippen molar-refractivity contribution in [3.63, 3.8) is 0 Å². The van der Waals surface area contributed by atoms with Gasteiger partial charge >= 0.3 is 0 Å². The van der Waals surface area contributed by atoms with Crippen LogP contribution in [-0.2, 0) is 6.67 Å². The zero-order chi connectivity index (χ0) is 19.3. The van der Waals surface area contributed by atoms with Crippen molar-refractivity contribution in [2.24, 2.45) is 0 Å². The number of hydrogen-bond donors (Lipinski definition) is 2. The highest BCUT2D eigenvalue weighted by Gasteiger charge is 2.18. The highest BCUT2D eigenvalue weighted by atomic mass is 32.1. The monoisotopic (exact) mass is 414 g/mol. The van der Waals surface area contributed by atoms with Crippen LogP contribution in [0.4, 0.5) is 10.8 Å². The molecule has 0 unspecified atom stereocenters. The molecular formula is C20H22N4O2S2. The third-order valence-corrected chi connectivity index (χ3v) is 5.73. The number of nitrogens with one attached hydrogen (secondary N) is 1. The van der Waals surface area contributed by atoms with Crippen molar-refractivity contribution in [1.82, 2.24) is 14.7 Å². The van der Waals surface area contributed by atoms with E-state index < -0.39 is 0 Å². The van der Waals surface area contributed by atoms with E-state index >= 15 is 0 Å². The molecule has 1 aliphatic rings. The second-order valence-corrected chi connectivity index (χ2v) is 8.37. The summed E-state index contributed by atoms with van der Waals surface area (Å²) < 4.78 is 8.34. The van der Waals surface area contributed by atoms with Crippen molar-refractivity contribution < 1.29 is 9.84 Å². The number of aliphatic hydroxyl groups excluding tert-OH is 1. The number of ether oxygens (including phenoxy) is 1. The fraction of sp³-hybridized carbons (Fsp3) is 0.300. The van der Waals surface area contributed by atoms with Gasteiger partial charge in [-0.2, -0.15) is 0 Å². The summed E-state index contributed by atoms with van der Waals surface area (Å²) in [5.41, 5.74) is 0.921. The van der Waals surface area contributed by atoms with Crippen LogP contribution in [0, 0.1) is 3.95 Å². The van der Waals surface area contributed by atoms with Gasteiger partial charge in [0.2, 0.25) is 5.13 Å². The van der Waals surface area contributed by atoms with E-state index in [0.29, 0.717) is 17.2 Å². The number of likely N-dealkylation sites (tertiary alicyclic amines) is 1. The van der Waals surface area contributed by atoms with Gasteiger partial charge in [-0.25, -0.2) is 4.68 Å². The summed E-state index contributed by atoms with van der Waals surface area (Å²) in [6, 6.07) is 17.4. The number of aromatic nitrogens is 2. The first-order valence-corrected chi connectivity index (χ1v) is 10.5. The molecule has 146 valence electrons. The smallest absolute Gasteiger partial charge is 0.209 e. The van der Waals surface area contributed by atoms with E-state index in [-0.39, 0.29) is 6.10 Å². The van der Waals surface area contributed by atoms with Gasteiger partial charge in [-0.1, -0.05) is 29.5 Å². The number of rotatable bonds is 6. The molecule has 0 amide bonds. The molecule has 1 fully saturated rings. The Labute approximate surface area is 173 Å². The minimum atomic E-state index is -0.254. The highest BCUT2D eigenvalue weighted by Crippen LogP contribution is 2.25. The van der Waals surface area contributed by atoms with Crippen LogP contribution in [0.1, 0.15) is 12.8 Å². The molecule has 2 aromatic carbocycles. The Hall–Kier alpha value is -2.26. The van der Waals surface area contributed by atoms with Crippen LogP contribution >= 0.6 is 23.6 Å². The van der Waals surface area contributed by atoms with Crippen LogP contribution in [-0.4, -0.2) is 39.0 Å². The molecule has 3 aromatic rings. The zero-order valence-corrected chi connectivity index (χ0v) is 17.0. The lowest BCUT2D eigenvalue weighted by Crippen LogP contribution is -2.39. The first-order chi connectivity index (χ1) is 13.7. The van der Waals surface area contributed by atoms with Gasteiger partial charge in [-0.05, 0) is 61.5 Å². The Balaban J connectivity index is 1.38. The number of para-hydroxylation sites is 1. The molecule has 6 nitrogen and oxygen atoms in total. The van der Waals surface area contributed by atoms with Gasteiger partial charge in [0.15, 0.2) is 3.95 Å². The van der Waals surface area contributed by atoms with Crippen LogP contribution in [0.25, 0.3) is 0 Å². The fourth-order valence-electron chi connectivity index (χ4n) is 3.15. The Morgan fingerprint density at radius 3 is 2.64 bits per heavy atom. The van der Waals surface area contributed by atoms with Crippen molar-refractivity contribution in [3.8, 4) is 11.5 Å². The lowest BCUT2D eigenvalue weighted by Gasteiger charge is -2.29. The number of nitrogens with zero attached hydrogens (tertiary/aromatic N) is 3. The molecule has 2 heterocycles. The SMILES string of the molecule is O[C@H]1CCCN(Cn2nc(Nc3ccc(Oc4ccccc4)cc3)sc2=S)C1. The van der Waals surface area contributed by atoms with Crippen molar-refractivity contribution in [3.05, 3.63) is 58.6 Å². The summed E-state index contributed by atoms with van der Waals surface area (Å²) in [7, 11) is 0. The summed E-state index contributed by atoms with van der Waals surface area (Å²) >= 11 is 6.89. The summed E-state index contributed by atoms with van der Waals surface area (Å²) in [5, 5.41) is 18.5. The van der Waals surface area contributed by atoms with Gasteiger partial charge in [-0.3, -0.25) is 4.90 Å². The van der Waals surface area contributed by atoms with Crippen LogP contribution in [0.15, 0.2) is 54.6 Å². The first-order valence-electron chi connectivity index (χ1n) is 9.24. The summed E-state index contributed by atoms with van der Waals surface area (Å²) in [6.07, 6.45) is 1.62. The van der Waals surface area contributed by atoms with Crippen molar-refractivity contribution in [2.75, 3.05) is 18.4 Å². The minimum absolute atomic E-state index is 0.254. The van der Waals surface area contributed by atoms with Gasteiger partial charge in [0.05, 0.1) is 12.8 Å². The summed E-state index contributed by atoms with van der Waals surface area (Å²) in [5.74, 6) is 1.58. The van der Waals surface area contributed by atoms with E-state index in [1.807, 2.05) is 59.3 Å². The molecule has 28 heavy (non-hydrogen) atoms. The average Bonchev–Trinajstić information content (AvgIpc) is 3.03. The molecule has 0 bridgehead atoms. The molecule has 1 saturated heterocycles. The fourth-order valence-corrected chi connectivity index (χ4v) is 4.16. The van der Waals surface area contributed by atoms with E-state index in [4.69, 9.17) is 17.0 Å². The van der Waals surface area contributed by atoms with Crippen LogP contribution < -0.4 is 10.1 Å². The van der Waals surface area contributed by atoms with Crippen LogP contribution in [0.3, 0.4) is 0 Å². The third kappa shape index (κ3) is 4.96. The minimum Gasteiger partial charge on any atom is -0.457 e. The standard InChI is InChI=1S/C20H22N4O2S2/c25-16-5-4-12-23(13-16)14-24-20(27)28-19(22-24)21-15-8-10-18(11-9-15)26-17-6-2-1-3-7-17/h1-3,6-11,16,25H,4-5,12-14H2,(H,21,22)/t16-/m0/s1. The van der Waals surface area contributed by atoms with Gasteiger partial charge in [0.25, 0.3) is 0 Å². The number of benzene rings is 2. The summed E-state index contributed by atoms with van der Waals surface area (Å²) in [4.78, 5) is 2.18. The molecule has 2 N–H and O–H groups in total. The third-order valence-electron chi connectivity index (χ3n) is 4.51. The molecule has 0 aliphatic carbocycles. The second-order valence-electron chi connectivity index (χ2n) is 6.75. The topological polar surface area (TPSA) is 62.5 Å². The van der Waals surface area contributed by atoms with Gasteiger partial charge in [0.1, 0.15) is 11.5 Å². The van der Waals surface area contributed by atoms with Crippen LogP contribution in [0.5, 0.6) is 11.5 Å². The maximum Gasteiger partial charge on any atom is 0.209 e. The van der Waals surface area contributed by atoms with Crippen molar-refractivity contribution in [2.45, 2.75) is 25.6 Å². The van der Waals surface area contributed by atoms with E-state index in [2.05, 4.69) is 15.3 Å². The van der Waals surface area contributed by atoms with Gasteiger partial charge in [-0.15, -0.1) is 5.10 Å². The lowest BCUT2D eigenvalue weighted by molar-refractivity contribution is 0.0516. The molecule has 4 rings (SSSR count). The molecule has 1 aromatic heterocycles. The normalized spacial score (nSPS) is 17.4. The van der Waals surface area contributed by atoms with Crippen molar-refractivity contribution >= 4 is 34.4 Å². The Morgan fingerprint density at radius 2 is 1.89 bits per heavy atom. The largest absolute Gasteiger partial charge is 0.457 e. The number of hydrogen-bond acceptors (Lipinski definition) is 7. The maximum atomic E-state index is 9.83. The Morgan fingerprint density at radius 1 is 1.14 bits per heavy atom. The zero-order valence-electron chi connectivity index (χ0n) is 15.3. The molecule has 0 saturated carbocycles. The predicted molar refractivity (Wildman–Crippen MR) is 114 cm³/mol. The number of anilines is 2. The maximum absolute atomic E-state index is 9.83. The first kappa shape index (κ1) is 19.1. The van der Waals surface area contributed by atoms with E-state index in [9.17, 15) is 5.11 Å². The van der Waals surface area contributed by atoms with Gasteiger partial charge in [0, 0.05) is 18.8 Å². The van der Waals surface area contributed by atoms with Crippen LogP contribution in [0.2, 0.25) is 0 Å². The average molecular weight is 415 g/mol. The van der Waals surface area contributed by atoms with Crippen molar-refractivity contribution in [1.29, 1.82) is 0 Å². The number of piperidine rings is 1. The molecule has 1 aliphatic heterocycles. The quantitative estimate of drug-likeness (QED) is 0.574. The molecule has 1 atom stereocenters. The molecule has 8 heteroatoms. The van der Waals surface area contributed by atoms with E-state index in [0.717, 1.165) is 41.7 Å². The molecular weight excluding hydrogens is 392 g/mol. The lowest BCUT2D eigenvalue weighted by atomic mass is 10.1. The highest BCUT2D eigenvalue weighted by molar-refractivity contribution is 7.73. The number of β-amino-alcohol motifs (C(OH)–C–C–N with tert-alkyl or cyclic N) is 1. The molecule has 0 radical (unpaired) electrons.